The van der Waals surface area contributed by atoms with Crippen LogP contribution in [0.3, 0.4) is 0 Å². The number of nitrogens with one attached hydrogen (secondary N) is 1. The van der Waals surface area contributed by atoms with Crippen molar-refractivity contribution in [1.82, 2.24) is 9.58 Å². The Bertz CT molecular complexity index is 658. The van der Waals surface area contributed by atoms with E-state index in [0.29, 0.717) is 11.3 Å². The van der Waals surface area contributed by atoms with Crippen LogP contribution in [0.5, 0.6) is 0 Å². The van der Waals surface area contributed by atoms with E-state index < -0.39 is 6.03 Å². The van der Waals surface area contributed by atoms with Crippen LogP contribution in [0.2, 0.25) is 0 Å². The lowest BCUT2D eigenvalue weighted by atomic mass is 10.1. The highest BCUT2D eigenvalue weighted by Gasteiger charge is 2.21. The minimum Gasteiger partial charge on any atom is -0.350 e. The van der Waals surface area contributed by atoms with Gasteiger partial charge in [-0.25, -0.2) is 10.2 Å². The average Bonchev–Trinajstić information content (AvgIpc) is 2.61. The maximum Gasteiger partial charge on any atom is 0.331 e. The Labute approximate surface area is 110 Å². The van der Waals surface area contributed by atoms with E-state index in [1.165, 1.54) is 9.58 Å². The summed E-state index contributed by atoms with van der Waals surface area (Å²) < 4.78 is 1.54. The van der Waals surface area contributed by atoms with Crippen molar-refractivity contribution in [3.8, 4) is 0 Å². The van der Waals surface area contributed by atoms with Gasteiger partial charge >= 0.3 is 6.03 Å². The molecule has 0 unspecified atom stereocenters. The first-order valence-electron chi connectivity index (χ1n) is 5.81. The van der Waals surface area contributed by atoms with Gasteiger partial charge in [-0.1, -0.05) is 18.2 Å². The van der Waals surface area contributed by atoms with Gasteiger partial charge in [0.2, 0.25) is 0 Å². The van der Waals surface area contributed by atoms with Gasteiger partial charge in [-0.05, 0) is 13.0 Å². The van der Waals surface area contributed by atoms with Crippen molar-refractivity contribution in [3.05, 3.63) is 35.5 Å². The van der Waals surface area contributed by atoms with Crippen LogP contribution >= 0.6 is 0 Å². The van der Waals surface area contributed by atoms with Gasteiger partial charge in [0.05, 0.1) is 16.8 Å². The number of hydrogen-bond acceptors (Lipinski definition) is 2. The normalized spacial score (nSPS) is 10.5. The zero-order valence-corrected chi connectivity index (χ0v) is 11.1. The lowest BCUT2D eigenvalue weighted by molar-refractivity contribution is 0.0828. The Morgan fingerprint density at radius 3 is 2.47 bits per heavy atom. The Hall–Kier alpha value is -2.50. The Morgan fingerprint density at radius 1 is 1.26 bits per heavy atom. The number of rotatable bonds is 2. The predicted octanol–water partition coefficient (Wildman–Crippen LogP) is 1.27. The highest BCUT2D eigenvalue weighted by atomic mass is 16.2. The third-order valence-corrected chi connectivity index (χ3v) is 2.95. The summed E-state index contributed by atoms with van der Waals surface area (Å²) >= 11 is 0. The molecule has 0 radical (unpaired) electrons. The van der Waals surface area contributed by atoms with Crippen LogP contribution in [0.15, 0.2) is 24.3 Å². The number of carbonyl (C=O) groups excluding carboxylic acids is 2. The number of para-hydroxylation sites is 1. The lowest BCUT2D eigenvalue weighted by Crippen LogP contribution is -2.29. The average molecular weight is 260 g/mol. The van der Waals surface area contributed by atoms with Crippen LogP contribution in [0.4, 0.5) is 4.79 Å². The third kappa shape index (κ3) is 2.12. The van der Waals surface area contributed by atoms with E-state index in [0.717, 1.165) is 10.9 Å². The van der Waals surface area contributed by atoms with Gasteiger partial charge in [0.1, 0.15) is 0 Å². The fourth-order valence-corrected chi connectivity index (χ4v) is 2.12. The number of nitrogens with zero attached hydrogens (tertiary/aromatic N) is 2. The van der Waals surface area contributed by atoms with E-state index in [9.17, 15) is 9.59 Å². The summed E-state index contributed by atoms with van der Waals surface area (Å²) in [6.07, 6.45) is 0. The summed E-state index contributed by atoms with van der Waals surface area (Å²) in [5.74, 6) is -0.112. The summed E-state index contributed by atoms with van der Waals surface area (Å²) in [6, 6.07) is 6.68. The molecule has 1 heterocycles. The van der Waals surface area contributed by atoms with E-state index in [1.54, 1.807) is 21.0 Å². The molecule has 0 atom stereocenters. The van der Waals surface area contributed by atoms with Crippen LogP contribution in [0, 0.1) is 6.92 Å². The topological polar surface area (TPSA) is 80.4 Å². The molecule has 6 nitrogen and oxygen atoms in total. The number of carbonyl (C=O) groups is 2. The maximum atomic E-state index is 12.2. The molecule has 19 heavy (non-hydrogen) atoms. The molecule has 0 bridgehead atoms. The molecule has 0 fully saturated rings. The third-order valence-electron chi connectivity index (χ3n) is 2.95. The molecule has 0 saturated carbocycles. The fraction of sp³-hybridized carbons (Fsp3) is 0.231. The molecule has 0 saturated heterocycles. The van der Waals surface area contributed by atoms with E-state index in [-0.39, 0.29) is 5.91 Å². The van der Waals surface area contributed by atoms with Gasteiger partial charge in [-0.3, -0.25) is 9.47 Å². The van der Waals surface area contributed by atoms with E-state index in [4.69, 9.17) is 5.73 Å². The fourth-order valence-electron chi connectivity index (χ4n) is 2.12. The molecule has 1 aromatic heterocycles. The second kappa shape index (κ2) is 4.64. The molecule has 6 heteroatoms. The molecule has 3 N–H and O–H groups in total. The van der Waals surface area contributed by atoms with Crippen LogP contribution < -0.4 is 11.2 Å². The molecule has 3 amide bonds. The number of urea groups is 1. The minimum atomic E-state index is -0.673. The van der Waals surface area contributed by atoms with Gasteiger partial charge < -0.3 is 10.6 Å². The number of benzene rings is 1. The van der Waals surface area contributed by atoms with Gasteiger partial charge in [0, 0.05) is 19.5 Å². The Balaban J connectivity index is 2.74. The quantitative estimate of drug-likeness (QED) is 0.852. The molecule has 0 aliphatic heterocycles. The number of primary amides is 1. The highest BCUT2D eigenvalue weighted by Crippen LogP contribution is 2.25. The summed E-state index contributed by atoms with van der Waals surface area (Å²) in [4.78, 5) is 24.8. The molecule has 1 aromatic carbocycles. The van der Waals surface area contributed by atoms with Gasteiger partial charge in [0.25, 0.3) is 5.91 Å². The van der Waals surface area contributed by atoms with Crippen molar-refractivity contribution in [3.63, 3.8) is 0 Å². The summed E-state index contributed by atoms with van der Waals surface area (Å²) in [6.45, 7) is 1.77. The molecule has 2 rings (SSSR count). The van der Waals surface area contributed by atoms with Crippen LogP contribution in [0.25, 0.3) is 10.9 Å². The van der Waals surface area contributed by atoms with Crippen molar-refractivity contribution in [2.45, 2.75) is 6.92 Å². The molecule has 100 valence electrons. The zero-order valence-electron chi connectivity index (χ0n) is 11.1. The number of hydrogen-bond donors (Lipinski definition) is 2. The standard InChI is InChI=1S/C13H16N4O2/c1-8-11(12(18)16(2)3)9-6-4-5-7-10(9)17(8)15-13(14)19/h4-7H,1-3H3,(H3,14,15,19). The van der Waals surface area contributed by atoms with Crippen molar-refractivity contribution in [1.29, 1.82) is 0 Å². The predicted molar refractivity (Wildman–Crippen MR) is 73.6 cm³/mol. The molecule has 0 aliphatic carbocycles. The largest absolute Gasteiger partial charge is 0.350 e. The smallest absolute Gasteiger partial charge is 0.331 e. The first-order chi connectivity index (χ1) is 8.93. The molecule has 0 spiro atoms. The van der Waals surface area contributed by atoms with Crippen molar-refractivity contribution < 1.29 is 9.59 Å². The van der Waals surface area contributed by atoms with Crippen LogP contribution in [-0.4, -0.2) is 35.6 Å². The lowest BCUT2D eigenvalue weighted by Gasteiger charge is -2.11. The second-order valence-corrected chi connectivity index (χ2v) is 4.49. The van der Waals surface area contributed by atoms with Gasteiger partial charge in [-0.2, -0.15) is 0 Å². The van der Waals surface area contributed by atoms with Gasteiger partial charge in [-0.15, -0.1) is 0 Å². The number of amides is 3. The monoisotopic (exact) mass is 260 g/mol. The summed E-state index contributed by atoms with van der Waals surface area (Å²) in [7, 11) is 3.38. The second-order valence-electron chi connectivity index (χ2n) is 4.49. The van der Waals surface area contributed by atoms with Crippen LogP contribution in [-0.2, 0) is 0 Å². The summed E-state index contributed by atoms with van der Waals surface area (Å²) in [5.41, 5.74) is 9.63. The first kappa shape index (κ1) is 12.9. The Morgan fingerprint density at radius 2 is 1.89 bits per heavy atom. The number of aromatic nitrogens is 1. The number of fused-ring (bicyclic) bond motifs is 1. The van der Waals surface area contributed by atoms with Gasteiger partial charge in [0.15, 0.2) is 0 Å². The van der Waals surface area contributed by atoms with Crippen LogP contribution in [0.1, 0.15) is 16.1 Å². The maximum absolute atomic E-state index is 12.2. The molecule has 0 aliphatic rings. The van der Waals surface area contributed by atoms with Crippen molar-refractivity contribution in [2.24, 2.45) is 5.73 Å². The minimum absolute atomic E-state index is 0.112. The van der Waals surface area contributed by atoms with E-state index >= 15 is 0 Å². The van der Waals surface area contributed by atoms with Crippen molar-refractivity contribution in [2.75, 3.05) is 19.5 Å². The van der Waals surface area contributed by atoms with E-state index in [1.807, 2.05) is 24.3 Å². The van der Waals surface area contributed by atoms with E-state index in [2.05, 4.69) is 5.43 Å². The molecular formula is C13H16N4O2. The first-order valence-corrected chi connectivity index (χ1v) is 5.81. The number of nitrogens with two attached hydrogens (primary N) is 1. The summed E-state index contributed by atoms with van der Waals surface area (Å²) in [5, 5.41) is 0.785. The highest BCUT2D eigenvalue weighted by molar-refractivity contribution is 6.08. The SMILES string of the molecule is Cc1c(C(=O)N(C)C)c2ccccc2n1NC(N)=O. The Kier molecular flexibility index (Phi) is 3.16. The molecule has 2 aromatic rings. The molecular weight excluding hydrogens is 244 g/mol. The zero-order chi connectivity index (χ0) is 14.2. The van der Waals surface area contributed by atoms with Crippen molar-refractivity contribution >= 4 is 22.8 Å².